The molecule has 0 radical (unpaired) electrons. The molecule has 0 unspecified atom stereocenters. The highest BCUT2D eigenvalue weighted by Gasteiger charge is 2.07. The Morgan fingerprint density at radius 3 is 2.60 bits per heavy atom. The van der Waals surface area contributed by atoms with Crippen LogP contribution in [0.15, 0.2) is 60.9 Å². The highest BCUT2D eigenvalue weighted by atomic mass is 15.3. The molecule has 1 heterocycles. The molecule has 3 rings (SSSR count). The van der Waals surface area contributed by atoms with Gasteiger partial charge in [0, 0.05) is 11.8 Å². The fourth-order valence-corrected chi connectivity index (χ4v) is 2.17. The molecule has 0 aliphatic rings. The lowest BCUT2D eigenvalue weighted by molar-refractivity contribution is 0.877. The van der Waals surface area contributed by atoms with Crippen LogP contribution in [0, 0.1) is 18.3 Å². The van der Waals surface area contributed by atoms with Crippen LogP contribution in [-0.4, -0.2) is 9.78 Å². The molecule has 0 aliphatic carbocycles. The van der Waals surface area contributed by atoms with E-state index in [0.717, 1.165) is 22.4 Å². The molecule has 20 heavy (non-hydrogen) atoms. The normalized spacial score (nSPS) is 10.2. The molecule has 0 amide bonds. The fourth-order valence-electron chi connectivity index (χ4n) is 2.17. The smallest absolute Gasteiger partial charge is 0.101 e. The van der Waals surface area contributed by atoms with Gasteiger partial charge in [0.15, 0.2) is 0 Å². The molecule has 0 N–H and O–H groups in total. The van der Waals surface area contributed by atoms with Crippen molar-refractivity contribution >= 4 is 0 Å². The predicted octanol–water partition coefficient (Wildman–Crippen LogP) is 3.72. The Balaban J connectivity index is 2.05. The molecule has 2 aromatic carbocycles. The zero-order valence-corrected chi connectivity index (χ0v) is 11.1. The van der Waals surface area contributed by atoms with E-state index in [1.807, 2.05) is 67.8 Å². The van der Waals surface area contributed by atoms with Gasteiger partial charge in [-0.25, -0.2) is 4.68 Å². The van der Waals surface area contributed by atoms with Gasteiger partial charge >= 0.3 is 0 Å². The average molecular weight is 259 g/mol. The lowest BCUT2D eigenvalue weighted by Gasteiger charge is -2.04. The summed E-state index contributed by atoms with van der Waals surface area (Å²) in [6.07, 6.45) is 3.76. The second kappa shape index (κ2) is 5.02. The summed E-state index contributed by atoms with van der Waals surface area (Å²) < 4.78 is 1.75. The van der Waals surface area contributed by atoms with E-state index < -0.39 is 0 Å². The Morgan fingerprint density at radius 2 is 1.85 bits per heavy atom. The highest BCUT2D eigenvalue weighted by molar-refractivity contribution is 5.62. The third-order valence-electron chi connectivity index (χ3n) is 3.21. The highest BCUT2D eigenvalue weighted by Crippen LogP contribution is 2.21. The van der Waals surface area contributed by atoms with Gasteiger partial charge in [-0.2, -0.15) is 10.4 Å². The van der Waals surface area contributed by atoms with Crippen LogP contribution in [0.2, 0.25) is 0 Å². The Hall–Kier alpha value is -2.86. The maximum Gasteiger partial charge on any atom is 0.101 e. The molecule has 0 fully saturated rings. The summed E-state index contributed by atoms with van der Waals surface area (Å²) in [5.74, 6) is 0. The van der Waals surface area contributed by atoms with E-state index >= 15 is 0 Å². The van der Waals surface area contributed by atoms with Crippen LogP contribution in [0.1, 0.15) is 11.1 Å². The lowest BCUT2D eigenvalue weighted by Crippen LogP contribution is -1.98. The second-order valence-electron chi connectivity index (χ2n) is 4.67. The van der Waals surface area contributed by atoms with Crippen molar-refractivity contribution in [3.05, 3.63) is 72.1 Å². The average Bonchev–Trinajstić information content (AvgIpc) is 2.97. The van der Waals surface area contributed by atoms with E-state index in [2.05, 4.69) is 11.2 Å². The summed E-state index contributed by atoms with van der Waals surface area (Å²) in [5, 5.41) is 13.6. The summed E-state index contributed by atoms with van der Waals surface area (Å²) in [6.45, 7) is 1.98. The molecule has 0 saturated carbocycles. The maximum absolute atomic E-state index is 9.24. The lowest BCUT2D eigenvalue weighted by atomic mass is 10.1. The topological polar surface area (TPSA) is 41.6 Å². The van der Waals surface area contributed by atoms with Gasteiger partial charge in [0.2, 0.25) is 0 Å². The number of hydrogen-bond donors (Lipinski definition) is 0. The molecule has 0 saturated heterocycles. The zero-order chi connectivity index (χ0) is 13.9. The Morgan fingerprint density at radius 1 is 1.05 bits per heavy atom. The quantitative estimate of drug-likeness (QED) is 0.703. The minimum absolute atomic E-state index is 0.632. The van der Waals surface area contributed by atoms with Gasteiger partial charge < -0.3 is 0 Å². The van der Waals surface area contributed by atoms with E-state index in [1.165, 1.54) is 0 Å². The van der Waals surface area contributed by atoms with E-state index in [0.29, 0.717) is 5.56 Å². The van der Waals surface area contributed by atoms with Crippen molar-refractivity contribution in [3.8, 4) is 22.9 Å². The first kappa shape index (κ1) is 12.2. The van der Waals surface area contributed by atoms with Crippen LogP contribution in [-0.2, 0) is 0 Å². The molecular formula is C17H13N3. The van der Waals surface area contributed by atoms with Gasteiger partial charge in [-0.1, -0.05) is 36.4 Å². The van der Waals surface area contributed by atoms with E-state index in [-0.39, 0.29) is 0 Å². The molecule has 0 aliphatic heterocycles. The molecule has 96 valence electrons. The number of aromatic nitrogens is 2. The Labute approximate surface area is 117 Å². The van der Waals surface area contributed by atoms with Crippen molar-refractivity contribution in [2.45, 2.75) is 6.92 Å². The summed E-state index contributed by atoms with van der Waals surface area (Å²) in [7, 11) is 0. The summed E-state index contributed by atoms with van der Waals surface area (Å²) in [6, 6.07) is 18.1. The van der Waals surface area contributed by atoms with Crippen molar-refractivity contribution in [2.75, 3.05) is 0 Å². The summed E-state index contributed by atoms with van der Waals surface area (Å²) >= 11 is 0. The van der Waals surface area contributed by atoms with Gasteiger partial charge in [0.25, 0.3) is 0 Å². The predicted molar refractivity (Wildman–Crippen MR) is 78.5 cm³/mol. The van der Waals surface area contributed by atoms with E-state index in [9.17, 15) is 5.26 Å². The van der Waals surface area contributed by atoms with Crippen LogP contribution in [0.5, 0.6) is 0 Å². The number of rotatable bonds is 2. The molecule has 0 spiro atoms. The number of benzene rings is 2. The first-order valence-corrected chi connectivity index (χ1v) is 6.39. The van der Waals surface area contributed by atoms with Gasteiger partial charge in [0.1, 0.15) is 6.07 Å². The maximum atomic E-state index is 9.24. The Kier molecular flexibility index (Phi) is 3.06. The van der Waals surface area contributed by atoms with Crippen LogP contribution in [0.3, 0.4) is 0 Å². The van der Waals surface area contributed by atoms with Crippen LogP contribution in [0.4, 0.5) is 0 Å². The first-order chi connectivity index (χ1) is 9.78. The van der Waals surface area contributed by atoms with Crippen molar-refractivity contribution in [3.63, 3.8) is 0 Å². The van der Waals surface area contributed by atoms with Gasteiger partial charge in [-0.05, 0) is 30.2 Å². The first-order valence-electron chi connectivity index (χ1n) is 6.39. The standard InChI is InChI=1S/C17H13N3/c1-13-7-8-17(15(9-13)10-18)20-12-16(11-19-20)14-5-3-2-4-6-14/h2-9,11-12H,1H3. The number of nitriles is 1. The molecule has 3 heteroatoms. The summed E-state index contributed by atoms with van der Waals surface area (Å²) in [5.41, 5.74) is 4.66. The van der Waals surface area contributed by atoms with Crippen LogP contribution < -0.4 is 0 Å². The van der Waals surface area contributed by atoms with E-state index in [1.54, 1.807) is 4.68 Å². The molecule has 3 nitrogen and oxygen atoms in total. The molecule has 0 atom stereocenters. The molecule has 1 aromatic heterocycles. The second-order valence-corrected chi connectivity index (χ2v) is 4.67. The van der Waals surface area contributed by atoms with Crippen LogP contribution in [0.25, 0.3) is 16.8 Å². The van der Waals surface area contributed by atoms with Crippen molar-refractivity contribution in [2.24, 2.45) is 0 Å². The van der Waals surface area contributed by atoms with E-state index in [4.69, 9.17) is 0 Å². The molecule has 0 bridgehead atoms. The number of hydrogen-bond acceptors (Lipinski definition) is 2. The minimum Gasteiger partial charge on any atom is -0.239 e. The van der Waals surface area contributed by atoms with Gasteiger partial charge in [0.05, 0.1) is 17.4 Å². The third-order valence-corrected chi connectivity index (χ3v) is 3.21. The third kappa shape index (κ3) is 2.19. The van der Waals surface area contributed by atoms with Crippen molar-refractivity contribution in [1.82, 2.24) is 9.78 Å². The largest absolute Gasteiger partial charge is 0.239 e. The van der Waals surface area contributed by atoms with Gasteiger partial charge in [-0.3, -0.25) is 0 Å². The van der Waals surface area contributed by atoms with Gasteiger partial charge in [-0.15, -0.1) is 0 Å². The zero-order valence-electron chi connectivity index (χ0n) is 11.1. The van der Waals surface area contributed by atoms with Crippen molar-refractivity contribution < 1.29 is 0 Å². The molecular weight excluding hydrogens is 246 g/mol. The molecule has 3 aromatic rings. The number of nitrogens with zero attached hydrogens (tertiary/aromatic N) is 3. The number of aryl methyl sites for hydroxylation is 1. The SMILES string of the molecule is Cc1ccc(-n2cc(-c3ccccc3)cn2)c(C#N)c1. The fraction of sp³-hybridized carbons (Fsp3) is 0.0588. The van der Waals surface area contributed by atoms with Crippen LogP contribution >= 0.6 is 0 Å². The van der Waals surface area contributed by atoms with Crippen molar-refractivity contribution in [1.29, 1.82) is 5.26 Å². The monoisotopic (exact) mass is 259 g/mol. The minimum atomic E-state index is 0.632. The summed E-state index contributed by atoms with van der Waals surface area (Å²) in [4.78, 5) is 0. The Bertz CT molecular complexity index is 779.